The quantitative estimate of drug-likeness (QED) is 0.461. The third-order valence-electron chi connectivity index (χ3n) is 3.96. The predicted molar refractivity (Wildman–Crippen MR) is 110 cm³/mol. The zero-order valence-electron chi connectivity index (χ0n) is 16.1. The second-order valence-electron chi connectivity index (χ2n) is 8.25. The van der Waals surface area contributed by atoms with Crippen LogP contribution in [0.15, 0.2) is 48.5 Å². The van der Waals surface area contributed by atoms with Gasteiger partial charge in [-0.2, -0.15) is 0 Å². The summed E-state index contributed by atoms with van der Waals surface area (Å²) in [5.74, 6) is 0.457. The molecule has 142 valence electrons. The van der Waals surface area contributed by atoms with E-state index in [1.807, 2.05) is 24.3 Å². The van der Waals surface area contributed by atoms with E-state index in [1.165, 1.54) is 10.4 Å². The van der Waals surface area contributed by atoms with Gasteiger partial charge in [-0.1, -0.05) is 78.6 Å². The smallest absolute Gasteiger partial charge is 0.393 e. The highest BCUT2D eigenvalue weighted by molar-refractivity contribution is 7.49. The summed E-state index contributed by atoms with van der Waals surface area (Å²) in [6, 6.07) is 14.2. The Morgan fingerprint density at radius 1 is 0.692 bits per heavy atom. The molecule has 8 heteroatoms. The fraction of sp³-hybridized carbons (Fsp3) is 0.333. The minimum Gasteiger partial charge on any atom is -0.393 e. The van der Waals surface area contributed by atoms with E-state index in [-0.39, 0.29) is 11.5 Å². The number of benzene rings is 2. The first-order valence-electron chi connectivity index (χ1n) is 8.44. The molecular formula is C18H26FO4PSi2. The van der Waals surface area contributed by atoms with Crippen LogP contribution in [0.1, 0.15) is 0 Å². The third-order valence-corrected chi connectivity index (χ3v) is 9.13. The van der Waals surface area contributed by atoms with Gasteiger partial charge in [0.05, 0.1) is 16.1 Å². The molecule has 0 unspecified atom stereocenters. The van der Waals surface area contributed by atoms with Crippen LogP contribution in [0, 0.1) is 0 Å². The van der Waals surface area contributed by atoms with Crippen molar-refractivity contribution in [1.29, 1.82) is 0 Å². The van der Waals surface area contributed by atoms with Crippen molar-refractivity contribution in [3.8, 4) is 11.5 Å². The number of rotatable bonds is 7. The maximum Gasteiger partial charge on any atom is 0.619 e. The van der Waals surface area contributed by atoms with Crippen molar-refractivity contribution < 1.29 is 22.9 Å². The first kappa shape index (κ1) is 20.9. The Morgan fingerprint density at radius 2 is 1.00 bits per heavy atom. The van der Waals surface area contributed by atoms with Crippen LogP contribution < -0.4 is 19.4 Å². The molecule has 0 saturated carbocycles. The standard InChI is InChI=1S/C18H26FO4PSi2/c1-25(2,3)17-11-7-15(8-12-17)21-24(20,23-19)22-16-9-13-18(14-10-16)26(4,5)6/h7-14H,1-6H3. The maximum absolute atomic E-state index is 13.0. The van der Waals surface area contributed by atoms with Crippen molar-refractivity contribution in [2.24, 2.45) is 0 Å². The molecule has 4 nitrogen and oxygen atoms in total. The van der Waals surface area contributed by atoms with Crippen molar-refractivity contribution in [2.75, 3.05) is 0 Å². The van der Waals surface area contributed by atoms with E-state index in [2.05, 4.69) is 44.0 Å². The number of phosphoric acid groups is 1. The van der Waals surface area contributed by atoms with Crippen molar-refractivity contribution >= 4 is 34.3 Å². The van der Waals surface area contributed by atoms with Gasteiger partial charge in [-0.25, -0.2) is 4.57 Å². The Bertz CT molecular complexity index is 717. The van der Waals surface area contributed by atoms with Crippen LogP contribution in [0.4, 0.5) is 4.53 Å². The summed E-state index contributed by atoms with van der Waals surface area (Å²) in [5.41, 5.74) is 0. The van der Waals surface area contributed by atoms with E-state index in [4.69, 9.17) is 9.05 Å². The van der Waals surface area contributed by atoms with Gasteiger partial charge in [0.1, 0.15) is 11.5 Å². The number of hydrogen-bond donors (Lipinski definition) is 0. The minimum atomic E-state index is -4.40. The predicted octanol–water partition coefficient (Wildman–Crippen LogP) is 5.24. The van der Waals surface area contributed by atoms with Crippen LogP contribution in [0.25, 0.3) is 0 Å². The Morgan fingerprint density at radius 3 is 1.23 bits per heavy atom. The first-order chi connectivity index (χ1) is 11.9. The average molecular weight is 413 g/mol. The van der Waals surface area contributed by atoms with Crippen LogP contribution in [0.2, 0.25) is 39.3 Å². The van der Waals surface area contributed by atoms with E-state index in [9.17, 15) is 9.09 Å². The highest BCUT2D eigenvalue weighted by atomic mass is 31.2. The second kappa shape index (κ2) is 7.68. The van der Waals surface area contributed by atoms with Crippen molar-refractivity contribution in [1.82, 2.24) is 0 Å². The van der Waals surface area contributed by atoms with Crippen LogP contribution in [-0.2, 0) is 9.29 Å². The van der Waals surface area contributed by atoms with E-state index in [0.29, 0.717) is 0 Å². The lowest BCUT2D eigenvalue weighted by Gasteiger charge is -2.19. The summed E-state index contributed by atoms with van der Waals surface area (Å²) in [5, 5.41) is 2.42. The van der Waals surface area contributed by atoms with Gasteiger partial charge in [-0.15, -0.1) is 0 Å². The zero-order valence-corrected chi connectivity index (χ0v) is 19.0. The Hall–Kier alpha value is -1.41. The first-order valence-corrected chi connectivity index (χ1v) is 16.9. The molecule has 0 aliphatic heterocycles. The molecule has 0 aromatic heterocycles. The molecule has 0 saturated heterocycles. The molecule has 2 aromatic rings. The van der Waals surface area contributed by atoms with Gasteiger partial charge < -0.3 is 9.05 Å². The summed E-state index contributed by atoms with van der Waals surface area (Å²) < 4.78 is 39.3. The molecule has 0 amide bonds. The second-order valence-corrected chi connectivity index (χ2v) is 19.8. The topological polar surface area (TPSA) is 44.8 Å². The molecule has 2 rings (SSSR count). The molecule has 0 aliphatic rings. The highest BCUT2D eigenvalue weighted by Gasteiger charge is 2.33. The lowest BCUT2D eigenvalue weighted by molar-refractivity contribution is -0.0337. The van der Waals surface area contributed by atoms with Gasteiger partial charge in [0.25, 0.3) is 0 Å². The van der Waals surface area contributed by atoms with Crippen molar-refractivity contribution in [3.05, 3.63) is 48.5 Å². The number of phosphoric ester groups is 1. The van der Waals surface area contributed by atoms with Crippen LogP contribution in [-0.4, -0.2) is 16.1 Å². The van der Waals surface area contributed by atoms with Crippen LogP contribution >= 0.6 is 7.82 Å². The molecule has 0 radical (unpaired) electrons. The lowest BCUT2D eigenvalue weighted by atomic mass is 10.3. The molecule has 0 atom stereocenters. The largest absolute Gasteiger partial charge is 0.619 e. The summed E-state index contributed by atoms with van der Waals surface area (Å²) >= 11 is 0. The third kappa shape index (κ3) is 5.54. The number of halogens is 1. The fourth-order valence-corrected chi connectivity index (χ4v) is 5.52. The van der Waals surface area contributed by atoms with Crippen molar-refractivity contribution in [2.45, 2.75) is 39.3 Å². The summed E-state index contributed by atoms with van der Waals surface area (Å²) in [6.07, 6.45) is 0. The molecular weight excluding hydrogens is 386 g/mol. The number of hydrogen-bond acceptors (Lipinski definition) is 4. The molecule has 0 aliphatic carbocycles. The van der Waals surface area contributed by atoms with E-state index in [1.54, 1.807) is 24.3 Å². The summed E-state index contributed by atoms with van der Waals surface area (Å²) in [6.45, 7) is 13.3. The monoisotopic (exact) mass is 412 g/mol. The van der Waals surface area contributed by atoms with Gasteiger partial charge in [-0.05, 0) is 28.8 Å². The van der Waals surface area contributed by atoms with E-state index < -0.39 is 24.0 Å². The van der Waals surface area contributed by atoms with Gasteiger partial charge in [-0.3, -0.25) is 0 Å². The molecule has 0 fully saturated rings. The van der Waals surface area contributed by atoms with Gasteiger partial charge in [0, 0.05) is 0 Å². The molecule has 0 bridgehead atoms. The van der Waals surface area contributed by atoms with Crippen LogP contribution in [0.3, 0.4) is 0 Å². The highest BCUT2D eigenvalue weighted by Crippen LogP contribution is 2.49. The van der Waals surface area contributed by atoms with Crippen LogP contribution in [0.5, 0.6) is 11.5 Å². The average Bonchev–Trinajstić information content (AvgIpc) is 2.54. The maximum atomic E-state index is 13.0. The van der Waals surface area contributed by atoms with Gasteiger partial charge >= 0.3 is 7.82 Å². The Labute approximate surface area is 156 Å². The van der Waals surface area contributed by atoms with Crippen molar-refractivity contribution in [3.63, 3.8) is 0 Å². The SMILES string of the molecule is C[Si](C)(C)c1ccc(OP(=O)(OF)Oc2ccc([Si](C)(C)C)cc2)cc1. The molecule has 0 heterocycles. The molecule has 0 spiro atoms. The van der Waals surface area contributed by atoms with E-state index >= 15 is 0 Å². The normalized spacial score (nSPS) is 12.7. The molecule has 0 N–H and O–H groups in total. The summed E-state index contributed by atoms with van der Waals surface area (Å²) in [7, 11) is -7.33. The Kier molecular flexibility index (Phi) is 6.18. The minimum absolute atomic E-state index is 0.228. The fourth-order valence-electron chi connectivity index (χ4n) is 2.34. The Balaban J connectivity index is 2.14. The van der Waals surface area contributed by atoms with E-state index in [0.717, 1.165) is 0 Å². The zero-order chi connectivity index (χ0) is 19.6. The lowest BCUT2D eigenvalue weighted by Crippen LogP contribution is -2.37. The molecule has 26 heavy (non-hydrogen) atoms. The molecule has 2 aromatic carbocycles. The van der Waals surface area contributed by atoms with Gasteiger partial charge in [0.15, 0.2) is 0 Å². The summed E-state index contributed by atoms with van der Waals surface area (Å²) in [4.78, 5) is 0. The van der Waals surface area contributed by atoms with Gasteiger partial charge in [0.2, 0.25) is 0 Å².